The van der Waals surface area contributed by atoms with Crippen LogP contribution in [0.2, 0.25) is 0 Å². The van der Waals surface area contributed by atoms with Gasteiger partial charge in [0.15, 0.2) is 29.1 Å². The Morgan fingerprint density at radius 1 is 0.649 bits per heavy atom. The summed E-state index contributed by atoms with van der Waals surface area (Å²) in [6.45, 7) is 1.27. The molecular formula is C47H45F6N13O8. The van der Waals surface area contributed by atoms with Gasteiger partial charge in [-0.15, -0.1) is 0 Å². The third kappa shape index (κ3) is 11.3. The molecule has 6 N–H and O–H groups in total. The molecule has 4 aliphatic heterocycles. The van der Waals surface area contributed by atoms with Gasteiger partial charge in [-0.2, -0.15) is 26.3 Å². The Balaban J connectivity index is 0.000000182. The molecule has 6 aromatic rings. The van der Waals surface area contributed by atoms with E-state index in [0.717, 1.165) is 24.3 Å². The van der Waals surface area contributed by atoms with Crippen molar-refractivity contribution in [2.45, 2.75) is 49.5 Å². The van der Waals surface area contributed by atoms with Crippen LogP contribution in [0.25, 0.3) is 22.8 Å². The number of hydrogen-bond donors (Lipinski definition) is 6. The third-order valence-electron chi connectivity index (χ3n) is 12.1. The lowest BCUT2D eigenvalue weighted by molar-refractivity contribution is -0.138. The van der Waals surface area contributed by atoms with Gasteiger partial charge in [-0.05, 0) is 37.1 Å². The number of nitrogens with zero attached hydrogens (tertiary/aromatic N) is 11. The molecule has 4 amide bonds. The molecule has 10 rings (SSSR count). The maximum absolute atomic E-state index is 13.4. The summed E-state index contributed by atoms with van der Waals surface area (Å²) >= 11 is 0. The van der Waals surface area contributed by atoms with Crippen molar-refractivity contribution in [3.05, 3.63) is 103 Å². The fraction of sp³-hybridized carbons (Fsp3) is 0.340. The summed E-state index contributed by atoms with van der Waals surface area (Å²) in [6.07, 6.45) is -1.37. The maximum Gasteiger partial charge on any atom is 0.416 e. The number of aromatic nitrogens is 7. The lowest BCUT2D eigenvalue weighted by Crippen LogP contribution is -2.48. The number of aliphatic hydroxyl groups excluding tert-OH is 4. The molecule has 0 radical (unpaired) electrons. The standard InChI is InChI=1S/C24H23F3N6O4.C23H22F3N7O4/c25-24(26,27)15-3-1-2-14(6-15)21-29-10-20-22(31-21)33(17-4-5-32(20)11-17)23(36)30-16-7-19(9-28-8-16)37-13-18(35)12-34;24-23(25,26)14-3-1-2-13(6-14)20-29-7-17-21(31-20)33(15-4-5-32(17)10-15)22(36)30-18-8-28-19(9-27-18)37-12-16(35)11-34/h1-3,6-10,17-18,34-35H,4-5,11-13H2,(H,30,36);1-3,6-9,15-16,34-35H,4-5,10-12H2,(H,27,30,36)/t17-,18-;15-,16-/m00/s1. The van der Waals surface area contributed by atoms with Crippen LogP contribution in [0.4, 0.5) is 70.4 Å². The zero-order valence-corrected chi connectivity index (χ0v) is 38.6. The van der Waals surface area contributed by atoms with Gasteiger partial charge >= 0.3 is 24.4 Å². The number of fused-ring (bicyclic) bond motifs is 8. The first kappa shape index (κ1) is 50.9. The van der Waals surface area contributed by atoms with Crippen LogP contribution in [0.5, 0.6) is 11.6 Å². The van der Waals surface area contributed by atoms with Crippen LogP contribution < -0.4 is 39.7 Å². The second-order valence-electron chi connectivity index (χ2n) is 17.3. The molecule has 2 fully saturated rings. The molecule has 0 unspecified atom stereocenters. The van der Waals surface area contributed by atoms with Gasteiger partial charge < -0.3 is 45.0 Å². The van der Waals surface area contributed by atoms with Crippen LogP contribution in [0, 0.1) is 0 Å². The molecule has 0 aliphatic carbocycles. The summed E-state index contributed by atoms with van der Waals surface area (Å²) in [4.78, 5) is 63.5. The van der Waals surface area contributed by atoms with Gasteiger partial charge in [0.05, 0.1) is 90.7 Å². The first-order valence-corrected chi connectivity index (χ1v) is 22.9. The number of nitrogens with one attached hydrogen (secondary N) is 2. The van der Waals surface area contributed by atoms with Crippen LogP contribution in [0.1, 0.15) is 24.0 Å². The number of urea groups is 2. The van der Waals surface area contributed by atoms with Crippen LogP contribution in [-0.4, -0.2) is 144 Å². The average Bonchev–Trinajstić information content (AvgIpc) is 4.02. The fourth-order valence-electron chi connectivity index (χ4n) is 8.55. The first-order valence-electron chi connectivity index (χ1n) is 22.9. The second-order valence-corrected chi connectivity index (χ2v) is 17.3. The number of alkyl halides is 6. The molecule has 4 aliphatic rings. The number of amides is 4. The van der Waals surface area contributed by atoms with E-state index in [4.69, 9.17) is 19.7 Å². The molecule has 27 heteroatoms. The highest BCUT2D eigenvalue weighted by Gasteiger charge is 2.43. The van der Waals surface area contributed by atoms with Crippen molar-refractivity contribution < 1.29 is 65.8 Å². The van der Waals surface area contributed by atoms with Crippen LogP contribution >= 0.6 is 0 Å². The lowest BCUT2D eigenvalue weighted by Gasteiger charge is -2.35. The molecule has 74 heavy (non-hydrogen) atoms. The van der Waals surface area contributed by atoms with Gasteiger partial charge in [-0.25, -0.2) is 39.5 Å². The van der Waals surface area contributed by atoms with Crippen molar-refractivity contribution in [2.24, 2.45) is 0 Å². The van der Waals surface area contributed by atoms with Crippen LogP contribution in [-0.2, 0) is 12.4 Å². The monoisotopic (exact) mass is 1030 g/mol. The van der Waals surface area contributed by atoms with Crippen molar-refractivity contribution in [2.75, 3.05) is 82.8 Å². The van der Waals surface area contributed by atoms with Crippen LogP contribution in [0.15, 0.2) is 91.8 Å². The molecule has 4 atom stereocenters. The number of carbonyl (C=O) groups is 2. The lowest BCUT2D eigenvalue weighted by atomic mass is 10.1. The number of ether oxygens (including phenoxy) is 2. The number of anilines is 6. The number of pyridine rings is 1. The Hall–Kier alpha value is -8.01. The number of benzene rings is 2. The van der Waals surface area contributed by atoms with Crippen LogP contribution in [0.3, 0.4) is 0 Å². The summed E-state index contributed by atoms with van der Waals surface area (Å²) in [5, 5.41) is 42.0. The van der Waals surface area contributed by atoms with Gasteiger partial charge in [0.25, 0.3) is 0 Å². The normalized spacial score (nSPS) is 17.4. The molecule has 0 spiro atoms. The Kier molecular flexibility index (Phi) is 14.6. The van der Waals surface area contributed by atoms with E-state index in [9.17, 15) is 46.1 Å². The molecule has 4 aromatic heterocycles. The first-order chi connectivity index (χ1) is 35.4. The Morgan fingerprint density at radius 2 is 1.18 bits per heavy atom. The number of rotatable bonds is 12. The average molecular weight is 1030 g/mol. The number of aliphatic hydroxyl groups is 4. The van der Waals surface area contributed by atoms with Crippen molar-refractivity contribution in [1.82, 2.24) is 34.9 Å². The van der Waals surface area contributed by atoms with E-state index in [2.05, 4.69) is 45.5 Å². The minimum atomic E-state index is -4.51. The molecule has 2 saturated heterocycles. The summed E-state index contributed by atoms with van der Waals surface area (Å²) in [5.41, 5.74) is 0.288. The molecule has 2 aromatic carbocycles. The number of halogens is 6. The Labute approximate surface area is 416 Å². The minimum absolute atomic E-state index is 0.0662. The van der Waals surface area contributed by atoms with E-state index in [0.29, 0.717) is 67.7 Å². The highest BCUT2D eigenvalue weighted by molar-refractivity contribution is 6.05. The topological polar surface area (TPSA) is 261 Å². The third-order valence-corrected chi connectivity index (χ3v) is 12.1. The van der Waals surface area contributed by atoms with E-state index in [1.807, 2.05) is 9.80 Å². The van der Waals surface area contributed by atoms with Gasteiger partial charge in [0.2, 0.25) is 5.88 Å². The van der Waals surface area contributed by atoms with E-state index >= 15 is 0 Å². The summed E-state index contributed by atoms with van der Waals surface area (Å²) in [7, 11) is 0. The predicted octanol–water partition coefficient (Wildman–Crippen LogP) is 5.24. The second kappa shape index (κ2) is 21.2. The van der Waals surface area contributed by atoms with Gasteiger partial charge in [0.1, 0.15) is 31.2 Å². The van der Waals surface area contributed by atoms with E-state index in [1.54, 1.807) is 0 Å². The highest BCUT2D eigenvalue weighted by atomic mass is 19.4. The zero-order valence-electron chi connectivity index (χ0n) is 38.6. The van der Waals surface area contributed by atoms with E-state index < -0.39 is 61.0 Å². The van der Waals surface area contributed by atoms with Crippen molar-refractivity contribution in [3.8, 4) is 34.4 Å². The summed E-state index contributed by atoms with van der Waals surface area (Å²) in [5.74, 6) is 1.25. The highest BCUT2D eigenvalue weighted by Crippen LogP contribution is 2.42. The SMILES string of the molecule is O=C(Nc1cnc(OC[C@@H](O)CO)cn1)N1c2nc(-c3cccc(C(F)(F)F)c3)ncc2N2CC[C@H]1C2.O=C(Nc1cncc(OC[C@@H](O)CO)c1)N1c2nc(-c3cccc(C(F)(F)F)c3)ncc2N2CC[C@H]1C2. The number of carbonyl (C=O) groups excluding carboxylic acids is 2. The van der Waals surface area contributed by atoms with E-state index in [-0.39, 0.29) is 65.5 Å². The zero-order chi connectivity index (χ0) is 52.3. The van der Waals surface area contributed by atoms with Gasteiger partial charge in [-0.1, -0.05) is 24.3 Å². The molecule has 21 nitrogen and oxygen atoms in total. The largest absolute Gasteiger partial charge is 0.489 e. The smallest absolute Gasteiger partial charge is 0.416 e. The molecule has 4 bridgehead atoms. The number of hydrogen-bond acceptors (Lipinski definition) is 17. The molecule has 0 saturated carbocycles. The predicted molar refractivity (Wildman–Crippen MR) is 253 cm³/mol. The Bertz CT molecular complexity index is 3000. The molecule has 8 heterocycles. The fourth-order valence-corrected chi connectivity index (χ4v) is 8.55. The van der Waals surface area contributed by atoms with Crippen molar-refractivity contribution >= 4 is 46.6 Å². The minimum Gasteiger partial charge on any atom is -0.489 e. The molecular weight excluding hydrogens is 989 g/mol. The Morgan fingerprint density at radius 3 is 1.68 bits per heavy atom. The van der Waals surface area contributed by atoms with Gasteiger partial charge in [0, 0.05) is 43.4 Å². The quantitative estimate of drug-likeness (QED) is 0.0857. The summed E-state index contributed by atoms with van der Waals surface area (Å²) in [6, 6.07) is 9.57. The van der Waals surface area contributed by atoms with Gasteiger partial charge in [-0.3, -0.25) is 20.1 Å². The maximum atomic E-state index is 13.4. The van der Waals surface area contributed by atoms with Crippen molar-refractivity contribution in [1.29, 1.82) is 0 Å². The summed E-state index contributed by atoms with van der Waals surface area (Å²) < 4.78 is 89.9. The molecule has 388 valence electrons. The van der Waals surface area contributed by atoms with Crippen molar-refractivity contribution in [3.63, 3.8) is 0 Å². The van der Waals surface area contributed by atoms with E-state index in [1.165, 1.54) is 77.3 Å².